The fourth-order valence-corrected chi connectivity index (χ4v) is 2.31. The Morgan fingerprint density at radius 2 is 1.95 bits per heavy atom. The first-order chi connectivity index (χ1) is 9.03. The number of hydrogen-bond acceptors (Lipinski definition) is 2. The first-order valence-electron chi connectivity index (χ1n) is 6.72. The lowest BCUT2D eigenvalue weighted by Crippen LogP contribution is -2.41. The van der Waals surface area contributed by atoms with Gasteiger partial charge in [-0.05, 0) is 43.5 Å². The minimum atomic E-state index is -0.406. The van der Waals surface area contributed by atoms with Crippen LogP contribution in [0.2, 0.25) is 0 Å². The molecule has 1 amide bonds. The van der Waals surface area contributed by atoms with Crippen molar-refractivity contribution < 1.29 is 14.3 Å². The quantitative estimate of drug-likeness (QED) is 0.861. The molecule has 0 fully saturated rings. The van der Waals surface area contributed by atoms with E-state index < -0.39 is 5.82 Å². The smallest absolute Gasteiger partial charge is 0.254 e. The third-order valence-electron chi connectivity index (χ3n) is 3.27. The van der Waals surface area contributed by atoms with Gasteiger partial charge in [0, 0.05) is 18.2 Å². The van der Waals surface area contributed by atoms with Crippen molar-refractivity contribution in [3.63, 3.8) is 0 Å². The van der Waals surface area contributed by atoms with Gasteiger partial charge in [0.2, 0.25) is 0 Å². The largest absolute Gasteiger partial charge is 0.395 e. The molecule has 19 heavy (non-hydrogen) atoms. The van der Waals surface area contributed by atoms with Crippen LogP contribution in [0.1, 0.15) is 42.6 Å². The maximum Gasteiger partial charge on any atom is 0.254 e. The molecule has 0 atom stereocenters. The highest BCUT2D eigenvalue weighted by Crippen LogP contribution is 2.16. The van der Waals surface area contributed by atoms with Crippen molar-refractivity contribution in [1.29, 1.82) is 0 Å². The van der Waals surface area contributed by atoms with E-state index in [0.29, 0.717) is 5.56 Å². The van der Waals surface area contributed by atoms with Crippen LogP contribution in [0.4, 0.5) is 4.39 Å². The number of nitrogens with zero attached hydrogens (tertiary/aromatic N) is 1. The highest BCUT2D eigenvalue weighted by Gasteiger charge is 2.22. The Kier molecular flexibility index (Phi) is 5.96. The first-order valence-corrected chi connectivity index (χ1v) is 6.72. The number of aryl methyl sites for hydroxylation is 1. The van der Waals surface area contributed by atoms with Gasteiger partial charge in [-0.3, -0.25) is 4.79 Å². The Hall–Kier alpha value is -1.42. The zero-order chi connectivity index (χ0) is 14.4. The SMILES string of the molecule is CCC(CC)N(CCO)C(=O)c1cc(C)cc(F)c1. The molecule has 106 valence electrons. The van der Waals surface area contributed by atoms with E-state index in [1.807, 2.05) is 13.8 Å². The van der Waals surface area contributed by atoms with E-state index in [4.69, 9.17) is 5.11 Å². The second-order valence-corrected chi connectivity index (χ2v) is 4.71. The van der Waals surface area contributed by atoms with Gasteiger partial charge in [-0.15, -0.1) is 0 Å². The molecule has 1 rings (SSSR count). The van der Waals surface area contributed by atoms with Crippen LogP contribution in [0.5, 0.6) is 0 Å². The van der Waals surface area contributed by atoms with Gasteiger partial charge >= 0.3 is 0 Å². The number of aliphatic hydroxyl groups is 1. The summed E-state index contributed by atoms with van der Waals surface area (Å²) in [6.07, 6.45) is 1.63. The molecule has 1 N–H and O–H groups in total. The highest BCUT2D eigenvalue weighted by molar-refractivity contribution is 5.94. The third-order valence-corrected chi connectivity index (χ3v) is 3.27. The molecule has 0 unspecified atom stereocenters. The van der Waals surface area contributed by atoms with Gasteiger partial charge in [0.1, 0.15) is 5.82 Å². The Balaban J connectivity index is 3.04. The third kappa shape index (κ3) is 4.03. The molecule has 0 aromatic heterocycles. The molecule has 4 heteroatoms. The number of halogens is 1. The number of carbonyl (C=O) groups is 1. The summed E-state index contributed by atoms with van der Waals surface area (Å²) in [5, 5.41) is 9.11. The fourth-order valence-electron chi connectivity index (χ4n) is 2.31. The van der Waals surface area contributed by atoms with Crippen molar-refractivity contribution in [2.24, 2.45) is 0 Å². The van der Waals surface area contributed by atoms with Gasteiger partial charge in [-0.1, -0.05) is 13.8 Å². The second kappa shape index (κ2) is 7.24. The molecule has 0 aliphatic heterocycles. The van der Waals surface area contributed by atoms with Crippen molar-refractivity contribution in [2.75, 3.05) is 13.2 Å². The predicted molar refractivity (Wildman–Crippen MR) is 73.6 cm³/mol. The van der Waals surface area contributed by atoms with Gasteiger partial charge in [-0.25, -0.2) is 4.39 Å². The molecule has 0 aliphatic rings. The summed E-state index contributed by atoms with van der Waals surface area (Å²) in [7, 11) is 0. The lowest BCUT2D eigenvalue weighted by atomic mass is 10.1. The minimum absolute atomic E-state index is 0.0724. The summed E-state index contributed by atoms with van der Waals surface area (Å²) in [5.74, 6) is -0.623. The van der Waals surface area contributed by atoms with Gasteiger partial charge in [0.05, 0.1) is 6.61 Å². The normalized spacial score (nSPS) is 10.8. The summed E-state index contributed by atoms with van der Waals surface area (Å²) < 4.78 is 13.4. The average molecular weight is 267 g/mol. The number of aliphatic hydroxyl groups excluding tert-OH is 1. The van der Waals surface area contributed by atoms with E-state index >= 15 is 0 Å². The Morgan fingerprint density at radius 1 is 1.32 bits per heavy atom. The maximum absolute atomic E-state index is 13.4. The summed E-state index contributed by atoms with van der Waals surface area (Å²) in [6, 6.07) is 4.40. The standard InChI is InChI=1S/C15H22FNO2/c1-4-14(5-2)17(6-7-18)15(19)12-8-11(3)9-13(16)10-12/h8-10,14,18H,4-7H2,1-3H3. The van der Waals surface area contributed by atoms with Crippen LogP contribution >= 0.6 is 0 Å². The number of carbonyl (C=O) groups excluding carboxylic acids is 1. The van der Waals surface area contributed by atoms with Crippen molar-refractivity contribution >= 4 is 5.91 Å². The Labute approximate surface area is 114 Å². The summed E-state index contributed by atoms with van der Waals surface area (Å²) >= 11 is 0. The number of hydrogen-bond donors (Lipinski definition) is 1. The molecule has 0 saturated carbocycles. The van der Waals surface area contributed by atoms with Crippen LogP contribution in [-0.4, -0.2) is 35.1 Å². The van der Waals surface area contributed by atoms with E-state index in [0.717, 1.165) is 18.4 Å². The molecule has 0 radical (unpaired) electrons. The van der Waals surface area contributed by atoms with Crippen LogP contribution in [0, 0.1) is 12.7 Å². The Morgan fingerprint density at radius 3 is 2.42 bits per heavy atom. The number of amides is 1. The summed E-state index contributed by atoms with van der Waals surface area (Å²) in [4.78, 5) is 14.1. The van der Waals surface area contributed by atoms with Crippen LogP contribution in [-0.2, 0) is 0 Å². The fraction of sp³-hybridized carbons (Fsp3) is 0.533. The minimum Gasteiger partial charge on any atom is -0.395 e. The molecule has 1 aromatic rings. The summed E-state index contributed by atoms with van der Waals surface area (Å²) in [5.41, 5.74) is 1.06. The van der Waals surface area contributed by atoms with Crippen molar-refractivity contribution in [1.82, 2.24) is 4.90 Å². The van der Waals surface area contributed by atoms with Gasteiger partial charge in [0.25, 0.3) is 5.91 Å². The van der Waals surface area contributed by atoms with Gasteiger partial charge < -0.3 is 10.0 Å². The van der Waals surface area contributed by atoms with E-state index in [1.54, 1.807) is 17.9 Å². The molecule has 0 spiro atoms. The zero-order valence-corrected chi connectivity index (χ0v) is 11.8. The van der Waals surface area contributed by atoms with Crippen LogP contribution in [0.3, 0.4) is 0 Å². The molecule has 0 aliphatic carbocycles. The molecule has 3 nitrogen and oxygen atoms in total. The monoisotopic (exact) mass is 267 g/mol. The highest BCUT2D eigenvalue weighted by atomic mass is 19.1. The van der Waals surface area contributed by atoms with Crippen molar-refractivity contribution in [2.45, 2.75) is 39.7 Å². The zero-order valence-electron chi connectivity index (χ0n) is 11.8. The predicted octanol–water partition coefficient (Wildman–Crippen LogP) is 2.76. The lowest BCUT2D eigenvalue weighted by molar-refractivity contribution is 0.0621. The van der Waals surface area contributed by atoms with Crippen LogP contribution < -0.4 is 0 Å². The molecule has 0 bridgehead atoms. The molecular formula is C15H22FNO2. The maximum atomic E-state index is 13.4. The van der Waals surface area contributed by atoms with Crippen LogP contribution in [0.15, 0.2) is 18.2 Å². The average Bonchev–Trinajstić information content (AvgIpc) is 2.37. The van der Waals surface area contributed by atoms with Crippen molar-refractivity contribution in [3.05, 3.63) is 35.1 Å². The van der Waals surface area contributed by atoms with E-state index in [9.17, 15) is 9.18 Å². The topological polar surface area (TPSA) is 40.5 Å². The Bertz CT molecular complexity index is 410. The molecule has 1 aromatic carbocycles. The molecule has 0 saturated heterocycles. The van der Waals surface area contributed by atoms with E-state index in [2.05, 4.69) is 0 Å². The van der Waals surface area contributed by atoms with Gasteiger partial charge in [0.15, 0.2) is 0 Å². The second-order valence-electron chi connectivity index (χ2n) is 4.71. The van der Waals surface area contributed by atoms with E-state index in [-0.39, 0.29) is 25.1 Å². The lowest BCUT2D eigenvalue weighted by Gasteiger charge is -2.30. The number of rotatable bonds is 6. The summed E-state index contributed by atoms with van der Waals surface area (Å²) in [6.45, 7) is 5.95. The van der Waals surface area contributed by atoms with Gasteiger partial charge in [-0.2, -0.15) is 0 Å². The number of benzene rings is 1. The van der Waals surface area contributed by atoms with Crippen LogP contribution in [0.25, 0.3) is 0 Å². The first kappa shape index (κ1) is 15.6. The molecular weight excluding hydrogens is 245 g/mol. The molecule has 0 heterocycles. The van der Waals surface area contributed by atoms with Crippen molar-refractivity contribution in [3.8, 4) is 0 Å². The van der Waals surface area contributed by atoms with E-state index in [1.165, 1.54) is 12.1 Å².